The molecule has 28 heavy (non-hydrogen) atoms. The zero-order chi connectivity index (χ0) is 20.7. The Hall–Kier alpha value is -2.63. The number of hydrogen-bond acceptors (Lipinski definition) is 5. The van der Waals surface area contributed by atoms with Gasteiger partial charge in [0.2, 0.25) is 0 Å². The number of aromatic hydroxyl groups is 1. The van der Waals surface area contributed by atoms with Crippen LogP contribution in [-0.2, 0) is 0 Å². The molecule has 0 bridgehead atoms. The van der Waals surface area contributed by atoms with Gasteiger partial charge in [-0.2, -0.15) is 0 Å². The summed E-state index contributed by atoms with van der Waals surface area (Å²) in [6.07, 6.45) is 1.33. The summed E-state index contributed by atoms with van der Waals surface area (Å²) < 4.78 is 0. The van der Waals surface area contributed by atoms with Crippen LogP contribution in [0.1, 0.15) is 49.5 Å². The molecule has 0 radical (unpaired) electrons. The number of benzene rings is 2. The van der Waals surface area contributed by atoms with Crippen LogP contribution in [0, 0.1) is 10.1 Å². The fraction of sp³-hybridized carbons (Fsp3) is 0.286. The largest absolute Gasteiger partial charge is 0.508 e. The highest BCUT2D eigenvalue weighted by Gasteiger charge is 2.13. The maximum absolute atomic E-state index is 10.7. The number of nitrogens with zero attached hydrogens (tertiary/aromatic N) is 1. The van der Waals surface area contributed by atoms with Gasteiger partial charge >= 0.3 is 0 Å². The summed E-state index contributed by atoms with van der Waals surface area (Å²) in [5.74, 6) is 0.0323. The molecule has 0 aliphatic heterocycles. The first-order valence-electron chi connectivity index (χ1n) is 8.83. The zero-order valence-corrected chi connectivity index (χ0v) is 16.1. The molecule has 0 unspecified atom stereocenters. The standard InChI is InChI=1S/C21H22ClNO5/c1-2-14(12-21(26)15-6-8-16(9-7-15)23(27)28)4-3-5-20(25)18-11-10-17(24)13-19(18)22/h3,6-11,13,20-21,24-26H,2,5,12H2,1H3/t4?,20-,21-/m1/s1. The molecule has 0 fully saturated rings. The zero-order valence-electron chi connectivity index (χ0n) is 15.4. The summed E-state index contributed by atoms with van der Waals surface area (Å²) in [5.41, 5.74) is 5.04. The highest BCUT2D eigenvalue weighted by atomic mass is 35.5. The molecular weight excluding hydrogens is 382 g/mol. The predicted octanol–water partition coefficient (Wildman–Crippen LogP) is 4.99. The summed E-state index contributed by atoms with van der Waals surface area (Å²) in [6.45, 7) is 1.94. The molecule has 2 atom stereocenters. The van der Waals surface area contributed by atoms with E-state index in [1.165, 1.54) is 36.4 Å². The van der Waals surface area contributed by atoms with Crippen LogP contribution in [0.4, 0.5) is 5.69 Å². The molecule has 2 aromatic rings. The van der Waals surface area contributed by atoms with Gasteiger partial charge in [0.1, 0.15) is 5.75 Å². The van der Waals surface area contributed by atoms with Gasteiger partial charge in [0.15, 0.2) is 0 Å². The van der Waals surface area contributed by atoms with Crippen molar-refractivity contribution in [1.29, 1.82) is 0 Å². The summed E-state index contributed by atoms with van der Waals surface area (Å²) in [4.78, 5) is 10.2. The second-order valence-electron chi connectivity index (χ2n) is 6.33. The van der Waals surface area contributed by atoms with Gasteiger partial charge in [-0.1, -0.05) is 24.6 Å². The van der Waals surface area contributed by atoms with Crippen LogP contribution in [-0.4, -0.2) is 20.2 Å². The Morgan fingerprint density at radius 3 is 2.46 bits per heavy atom. The second kappa shape index (κ2) is 10.1. The first-order valence-corrected chi connectivity index (χ1v) is 9.21. The lowest BCUT2D eigenvalue weighted by Crippen LogP contribution is -1.99. The van der Waals surface area contributed by atoms with Crippen molar-refractivity contribution >= 4 is 17.3 Å². The van der Waals surface area contributed by atoms with Gasteiger partial charge < -0.3 is 15.3 Å². The summed E-state index contributed by atoms with van der Waals surface area (Å²) in [5, 5.41) is 41.0. The van der Waals surface area contributed by atoms with Crippen molar-refractivity contribution in [2.75, 3.05) is 0 Å². The minimum atomic E-state index is -0.835. The van der Waals surface area contributed by atoms with Gasteiger partial charge in [0.25, 0.3) is 5.69 Å². The lowest BCUT2D eigenvalue weighted by Gasteiger charge is -2.12. The van der Waals surface area contributed by atoms with Crippen molar-refractivity contribution in [3.8, 4) is 5.75 Å². The molecule has 0 aliphatic rings. The third kappa shape index (κ3) is 5.94. The van der Waals surface area contributed by atoms with Gasteiger partial charge in [-0.05, 0) is 53.5 Å². The average molecular weight is 404 g/mol. The van der Waals surface area contributed by atoms with Crippen molar-refractivity contribution in [1.82, 2.24) is 0 Å². The lowest BCUT2D eigenvalue weighted by atomic mass is 10.00. The minimum absolute atomic E-state index is 0.0241. The maximum atomic E-state index is 10.7. The number of phenols is 1. The number of hydrogen-bond donors (Lipinski definition) is 3. The van der Waals surface area contributed by atoms with Gasteiger partial charge in [0, 0.05) is 25.0 Å². The van der Waals surface area contributed by atoms with E-state index in [1.54, 1.807) is 12.1 Å². The Balaban J connectivity index is 2.04. The average Bonchev–Trinajstić information content (AvgIpc) is 2.66. The van der Waals surface area contributed by atoms with Crippen LogP contribution < -0.4 is 0 Å². The lowest BCUT2D eigenvalue weighted by molar-refractivity contribution is -0.384. The van der Waals surface area contributed by atoms with Crippen LogP contribution in [0.15, 0.2) is 59.8 Å². The predicted molar refractivity (Wildman–Crippen MR) is 107 cm³/mol. The Bertz CT molecular complexity index is 888. The molecule has 7 heteroatoms. The third-order valence-corrected chi connectivity index (χ3v) is 4.67. The number of halogens is 1. The fourth-order valence-corrected chi connectivity index (χ4v) is 3.00. The van der Waals surface area contributed by atoms with Crippen LogP contribution >= 0.6 is 11.6 Å². The molecule has 0 spiro atoms. The van der Waals surface area contributed by atoms with E-state index in [-0.39, 0.29) is 22.9 Å². The van der Waals surface area contributed by atoms with Crippen molar-refractivity contribution in [2.45, 2.75) is 38.4 Å². The molecule has 0 aliphatic carbocycles. The van der Waals surface area contributed by atoms with Crippen molar-refractivity contribution < 1.29 is 20.2 Å². The SMILES string of the molecule is CCC(=C=CC[C@@H](O)c1ccc(O)cc1Cl)C[C@@H](O)c1ccc([N+](=O)[O-])cc1. The third-order valence-electron chi connectivity index (χ3n) is 4.35. The van der Waals surface area contributed by atoms with Gasteiger partial charge in [-0.15, -0.1) is 5.73 Å². The molecule has 2 aromatic carbocycles. The molecule has 148 valence electrons. The Morgan fingerprint density at radius 1 is 1.21 bits per heavy atom. The summed E-state index contributed by atoms with van der Waals surface area (Å²) in [7, 11) is 0. The van der Waals surface area contributed by atoms with E-state index in [9.17, 15) is 25.4 Å². The van der Waals surface area contributed by atoms with E-state index in [0.29, 0.717) is 24.0 Å². The van der Waals surface area contributed by atoms with Crippen LogP contribution in [0.3, 0.4) is 0 Å². The van der Waals surface area contributed by atoms with Crippen LogP contribution in [0.25, 0.3) is 0 Å². The van der Waals surface area contributed by atoms with E-state index in [0.717, 1.165) is 5.57 Å². The quantitative estimate of drug-likeness (QED) is 0.327. The summed E-state index contributed by atoms with van der Waals surface area (Å²) >= 11 is 6.03. The number of rotatable bonds is 8. The second-order valence-corrected chi connectivity index (χ2v) is 6.74. The molecule has 0 amide bonds. The Morgan fingerprint density at radius 2 is 1.89 bits per heavy atom. The van der Waals surface area contributed by atoms with E-state index in [1.807, 2.05) is 6.92 Å². The summed E-state index contributed by atoms with van der Waals surface area (Å²) in [6, 6.07) is 10.2. The van der Waals surface area contributed by atoms with Gasteiger partial charge in [-0.3, -0.25) is 10.1 Å². The van der Waals surface area contributed by atoms with Crippen molar-refractivity contribution in [3.05, 3.63) is 86.1 Å². The van der Waals surface area contributed by atoms with Crippen LogP contribution in [0.2, 0.25) is 5.02 Å². The number of aliphatic hydroxyl groups is 2. The van der Waals surface area contributed by atoms with Crippen molar-refractivity contribution in [3.63, 3.8) is 0 Å². The van der Waals surface area contributed by atoms with E-state index in [2.05, 4.69) is 5.73 Å². The highest BCUT2D eigenvalue weighted by Crippen LogP contribution is 2.29. The topological polar surface area (TPSA) is 104 Å². The smallest absolute Gasteiger partial charge is 0.269 e. The van der Waals surface area contributed by atoms with Crippen LogP contribution in [0.5, 0.6) is 5.75 Å². The van der Waals surface area contributed by atoms with Crippen molar-refractivity contribution in [2.24, 2.45) is 0 Å². The molecule has 6 nitrogen and oxygen atoms in total. The van der Waals surface area contributed by atoms with E-state index in [4.69, 9.17) is 11.6 Å². The fourth-order valence-electron chi connectivity index (χ4n) is 2.70. The number of aliphatic hydroxyl groups excluding tert-OH is 2. The Labute approximate surface area is 168 Å². The Kier molecular flexibility index (Phi) is 7.79. The van der Waals surface area contributed by atoms with E-state index >= 15 is 0 Å². The highest BCUT2D eigenvalue weighted by molar-refractivity contribution is 6.31. The number of nitro groups is 1. The number of nitro benzene ring substituents is 1. The normalized spacial score (nSPS) is 12.7. The molecule has 0 heterocycles. The number of phenolic OH excluding ortho intramolecular Hbond substituents is 1. The molecular formula is C21H22ClNO5. The first-order chi connectivity index (χ1) is 13.3. The molecule has 3 N–H and O–H groups in total. The maximum Gasteiger partial charge on any atom is 0.269 e. The molecule has 2 rings (SSSR count). The van der Waals surface area contributed by atoms with E-state index < -0.39 is 17.1 Å². The first kappa shape index (κ1) is 21.7. The van der Waals surface area contributed by atoms with Gasteiger partial charge in [-0.25, -0.2) is 0 Å². The molecule has 0 saturated carbocycles. The number of non-ortho nitro benzene ring substituents is 1. The molecule has 0 saturated heterocycles. The molecule has 0 aromatic heterocycles. The monoisotopic (exact) mass is 403 g/mol. The minimum Gasteiger partial charge on any atom is -0.508 e. The van der Waals surface area contributed by atoms with Gasteiger partial charge in [0.05, 0.1) is 22.2 Å².